The SMILES string of the molecule is NC(=O)C1CCNC(=O)C(CNC(=O)c2cnccn2)NC(=O)C(Cc2ccco2)NC(=O)C(CC2CC2)NC(=O)C=CC(=O)N1. The zero-order chi connectivity index (χ0) is 33.1. The molecule has 17 heteroatoms. The molecule has 4 unspecified atom stereocenters. The largest absolute Gasteiger partial charge is 0.469 e. The first-order valence-electron chi connectivity index (χ1n) is 14.6. The van der Waals surface area contributed by atoms with Crippen molar-refractivity contribution in [2.24, 2.45) is 11.7 Å². The minimum atomic E-state index is -1.37. The maximum Gasteiger partial charge on any atom is 0.271 e. The molecule has 4 rings (SSSR count). The molecule has 2 aromatic heterocycles. The van der Waals surface area contributed by atoms with Gasteiger partial charge in [-0.25, -0.2) is 4.98 Å². The van der Waals surface area contributed by atoms with E-state index < -0.39 is 72.1 Å². The van der Waals surface area contributed by atoms with Crippen molar-refractivity contribution in [2.75, 3.05) is 13.1 Å². The number of furan rings is 1. The Hall–Kier alpha value is -5.61. The minimum Gasteiger partial charge on any atom is -0.469 e. The molecule has 4 atom stereocenters. The van der Waals surface area contributed by atoms with Gasteiger partial charge < -0.3 is 42.1 Å². The molecule has 46 heavy (non-hydrogen) atoms. The summed E-state index contributed by atoms with van der Waals surface area (Å²) in [6.07, 6.45) is 8.89. The molecule has 7 amide bonds. The van der Waals surface area contributed by atoms with E-state index in [0.717, 1.165) is 25.0 Å². The van der Waals surface area contributed by atoms with Gasteiger partial charge in [0.1, 0.15) is 35.6 Å². The van der Waals surface area contributed by atoms with Crippen molar-refractivity contribution in [3.63, 3.8) is 0 Å². The van der Waals surface area contributed by atoms with Crippen LogP contribution in [-0.4, -0.2) is 88.6 Å². The molecule has 1 fully saturated rings. The quantitative estimate of drug-likeness (QED) is 0.158. The van der Waals surface area contributed by atoms with Gasteiger partial charge in [0.2, 0.25) is 35.4 Å². The Labute approximate surface area is 262 Å². The maximum absolute atomic E-state index is 13.6. The molecule has 244 valence electrons. The molecule has 2 aromatic rings. The molecule has 0 spiro atoms. The summed E-state index contributed by atoms with van der Waals surface area (Å²) in [4.78, 5) is 97.8. The first-order valence-corrected chi connectivity index (χ1v) is 14.6. The second kappa shape index (κ2) is 15.9. The van der Waals surface area contributed by atoms with Crippen LogP contribution in [0.3, 0.4) is 0 Å². The summed E-state index contributed by atoms with van der Waals surface area (Å²) in [6.45, 7) is -0.563. The van der Waals surface area contributed by atoms with Gasteiger partial charge in [0.15, 0.2) is 0 Å². The lowest BCUT2D eigenvalue weighted by Gasteiger charge is -2.25. The van der Waals surface area contributed by atoms with E-state index in [0.29, 0.717) is 5.76 Å². The molecule has 0 aromatic carbocycles. The number of rotatable bonds is 8. The summed E-state index contributed by atoms with van der Waals surface area (Å²) in [5.41, 5.74) is 5.38. The van der Waals surface area contributed by atoms with Crippen molar-refractivity contribution >= 4 is 41.4 Å². The fourth-order valence-electron chi connectivity index (χ4n) is 4.55. The van der Waals surface area contributed by atoms with Crippen LogP contribution in [-0.2, 0) is 35.2 Å². The third-order valence-corrected chi connectivity index (χ3v) is 7.19. The van der Waals surface area contributed by atoms with Crippen LogP contribution < -0.4 is 37.6 Å². The van der Waals surface area contributed by atoms with Crippen LogP contribution in [0.2, 0.25) is 0 Å². The van der Waals surface area contributed by atoms with E-state index in [1.807, 2.05) is 0 Å². The number of nitrogens with zero attached hydrogens (tertiary/aromatic N) is 2. The van der Waals surface area contributed by atoms with Gasteiger partial charge in [0.05, 0.1) is 12.5 Å². The molecule has 1 saturated carbocycles. The molecule has 3 heterocycles. The number of nitrogens with two attached hydrogens (primary N) is 1. The first-order chi connectivity index (χ1) is 22.1. The molecular formula is C29H35N9O8. The zero-order valence-electron chi connectivity index (χ0n) is 24.7. The van der Waals surface area contributed by atoms with Gasteiger partial charge in [-0.05, 0) is 30.9 Å². The molecule has 0 saturated heterocycles. The van der Waals surface area contributed by atoms with Crippen LogP contribution in [0, 0.1) is 5.92 Å². The van der Waals surface area contributed by atoms with Gasteiger partial charge >= 0.3 is 0 Å². The van der Waals surface area contributed by atoms with E-state index >= 15 is 0 Å². The normalized spacial score (nSPS) is 23.4. The van der Waals surface area contributed by atoms with E-state index in [1.165, 1.54) is 24.9 Å². The fraction of sp³-hybridized carbons (Fsp3) is 0.414. The van der Waals surface area contributed by atoms with Crippen molar-refractivity contribution in [2.45, 2.75) is 56.3 Å². The van der Waals surface area contributed by atoms with Crippen molar-refractivity contribution in [1.29, 1.82) is 0 Å². The molecule has 0 radical (unpaired) electrons. The smallest absolute Gasteiger partial charge is 0.271 e. The Balaban J connectivity index is 1.60. The van der Waals surface area contributed by atoms with Gasteiger partial charge in [-0.2, -0.15) is 0 Å². The Morgan fingerprint density at radius 1 is 0.891 bits per heavy atom. The zero-order valence-corrected chi connectivity index (χ0v) is 24.7. The van der Waals surface area contributed by atoms with E-state index in [9.17, 15) is 33.6 Å². The standard InChI is InChI=1S/C29H35N9O8/c30-25(41)18-7-8-33-27(43)22(15-34-26(42)21-14-31-9-10-32-21)38-29(45)20(13-17-2-1-11-46-17)37-28(44)19(12-16-3-4-16)36-24(40)6-5-23(39)35-18/h1-2,5-6,9-11,14,16,18-20,22H,3-4,7-8,12-13,15H2,(H2,30,41)(H,33,43)(H,34,42)(H,35,39)(H,36,40)(H,37,44)(H,38,45). The number of hydrogen-bond donors (Lipinski definition) is 7. The van der Waals surface area contributed by atoms with Crippen molar-refractivity contribution in [3.05, 3.63) is 60.6 Å². The van der Waals surface area contributed by atoms with Gasteiger partial charge in [0, 0.05) is 44.1 Å². The van der Waals surface area contributed by atoms with E-state index in [-0.39, 0.29) is 37.4 Å². The Kier molecular flexibility index (Phi) is 11.5. The van der Waals surface area contributed by atoms with E-state index in [4.69, 9.17) is 10.2 Å². The second-order valence-electron chi connectivity index (χ2n) is 10.8. The molecule has 17 nitrogen and oxygen atoms in total. The molecule has 8 N–H and O–H groups in total. The topological polar surface area (TPSA) is 257 Å². The number of carbonyl (C=O) groups excluding carboxylic acids is 7. The summed E-state index contributed by atoms with van der Waals surface area (Å²) in [7, 11) is 0. The molecule has 0 bridgehead atoms. The van der Waals surface area contributed by atoms with Crippen LogP contribution in [0.4, 0.5) is 0 Å². The Morgan fingerprint density at radius 2 is 1.61 bits per heavy atom. The number of amides is 7. The van der Waals surface area contributed by atoms with Crippen LogP contribution in [0.25, 0.3) is 0 Å². The third kappa shape index (κ3) is 10.2. The summed E-state index contributed by atoms with van der Waals surface area (Å²) >= 11 is 0. The maximum atomic E-state index is 13.6. The average molecular weight is 638 g/mol. The number of hydrogen-bond acceptors (Lipinski definition) is 10. The Morgan fingerprint density at radius 3 is 2.26 bits per heavy atom. The highest BCUT2D eigenvalue weighted by Gasteiger charge is 2.34. The average Bonchev–Trinajstić information content (AvgIpc) is 3.71. The van der Waals surface area contributed by atoms with Crippen molar-refractivity contribution in [1.82, 2.24) is 41.9 Å². The van der Waals surface area contributed by atoms with Gasteiger partial charge in [-0.15, -0.1) is 0 Å². The van der Waals surface area contributed by atoms with Crippen LogP contribution in [0.15, 0.2) is 53.6 Å². The number of aromatic nitrogens is 2. The first kappa shape index (κ1) is 33.3. The van der Waals surface area contributed by atoms with Gasteiger partial charge in [-0.3, -0.25) is 38.5 Å². The van der Waals surface area contributed by atoms with E-state index in [1.54, 1.807) is 12.1 Å². The van der Waals surface area contributed by atoms with Crippen LogP contribution in [0.5, 0.6) is 0 Å². The molecule has 2 aliphatic rings. The highest BCUT2D eigenvalue weighted by atomic mass is 16.3. The summed E-state index contributed by atoms with van der Waals surface area (Å²) < 4.78 is 5.38. The lowest BCUT2D eigenvalue weighted by molar-refractivity contribution is -0.133. The summed E-state index contributed by atoms with van der Waals surface area (Å²) in [6, 6.07) is -1.69. The predicted molar refractivity (Wildman–Crippen MR) is 158 cm³/mol. The molecule has 1 aliphatic carbocycles. The van der Waals surface area contributed by atoms with Gasteiger partial charge in [-0.1, -0.05) is 12.8 Å². The number of primary amides is 1. The monoisotopic (exact) mass is 637 g/mol. The fourth-order valence-corrected chi connectivity index (χ4v) is 4.55. The van der Waals surface area contributed by atoms with Crippen LogP contribution in [0.1, 0.15) is 41.9 Å². The lowest BCUT2D eigenvalue weighted by Crippen LogP contribution is -2.59. The summed E-state index contributed by atoms with van der Waals surface area (Å²) in [5, 5.41) is 15.2. The lowest BCUT2D eigenvalue weighted by atomic mass is 10.1. The third-order valence-electron chi connectivity index (χ3n) is 7.19. The minimum absolute atomic E-state index is 0.0322. The number of carbonyl (C=O) groups is 7. The highest BCUT2D eigenvalue weighted by Crippen LogP contribution is 2.33. The van der Waals surface area contributed by atoms with Crippen molar-refractivity contribution < 1.29 is 38.0 Å². The number of nitrogens with one attached hydrogen (secondary N) is 6. The van der Waals surface area contributed by atoms with Crippen molar-refractivity contribution in [3.8, 4) is 0 Å². The van der Waals surface area contributed by atoms with Gasteiger partial charge in [0.25, 0.3) is 5.91 Å². The molecular weight excluding hydrogens is 602 g/mol. The second-order valence-corrected chi connectivity index (χ2v) is 10.8. The van der Waals surface area contributed by atoms with Crippen LogP contribution >= 0.6 is 0 Å². The summed E-state index contributed by atoms with van der Waals surface area (Å²) in [5.74, 6) is -4.76. The molecule has 1 aliphatic heterocycles. The highest BCUT2D eigenvalue weighted by molar-refractivity contribution is 6.00. The Bertz CT molecular complexity index is 1460. The predicted octanol–water partition coefficient (Wildman–Crippen LogP) is -2.66. The van der Waals surface area contributed by atoms with E-state index in [2.05, 4.69) is 41.9 Å².